The number of halogens is 6. The fraction of sp³-hybridized carbons (Fsp3) is 0.214. The molecule has 0 spiro atoms. The van der Waals surface area contributed by atoms with Crippen LogP contribution in [0.4, 0.5) is 13.2 Å². The van der Waals surface area contributed by atoms with E-state index in [0.717, 1.165) is 0 Å². The van der Waals surface area contributed by atoms with E-state index in [1.807, 2.05) is 5.32 Å². The molecule has 3 aromatic rings. The molecule has 0 aliphatic rings. The Morgan fingerprint density at radius 3 is 2.69 bits per heavy atom. The summed E-state index contributed by atoms with van der Waals surface area (Å²) in [6.45, 7) is -0.254. The first-order valence-electron chi connectivity index (χ1n) is 6.98. The molecule has 0 unspecified atom stereocenters. The molecule has 0 fully saturated rings. The monoisotopic (exact) mass is 486 g/mol. The first kappa shape index (κ1) is 19.4. The molecule has 0 atom stereocenters. The summed E-state index contributed by atoms with van der Waals surface area (Å²) in [6.07, 6.45) is -3.66. The largest absolute Gasteiger partial charge is 0.471 e. The zero-order chi connectivity index (χ0) is 19.1. The van der Waals surface area contributed by atoms with Gasteiger partial charge in [-0.2, -0.15) is 13.2 Å². The van der Waals surface area contributed by atoms with Gasteiger partial charge in [-0.1, -0.05) is 23.2 Å². The van der Waals surface area contributed by atoms with Crippen LogP contribution in [-0.2, 0) is 11.3 Å². The number of amides is 1. The lowest BCUT2D eigenvalue weighted by Crippen LogP contribution is -2.38. The van der Waals surface area contributed by atoms with Crippen molar-refractivity contribution in [3.8, 4) is 10.6 Å². The number of hydrogen-bond donors (Lipinski definition) is 1. The van der Waals surface area contributed by atoms with Crippen LogP contribution >= 0.6 is 50.5 Å². The van der Waals surface area contributed by atoms with Crippen molar-refractivity contribution < 1.29 is 18.0 Å². The third-order valence-electron chi connectivity index (χ3n) is 3.44. The third-order valence-corrected chi connectivity index (χ3v) is 5.82. The zero-order valence-electron chi connectivity index (χ0n) is 12.6. The number of fused-ring (bicyclic) bond motifs is 1. The van der Waals surface area contributed by atoms with Gasteiger partial charge in [-0.3, -0.25) is 4.79 Å². The van der Waals surface area contributed by atoms with E-state index in [1.165, 1.54) is 17.7 Å². The van der Waals surface area contributed by atoms with Gasteiger partial charge in [0.15, 0.2) is 5.15 Å². The predicted molar refractivity (Wildman–Crippen MR) is 97.6 cm³/mol. The summed E-state index contributed by atoms with van der Waals surface area (Å²) in [4.78, 5) is 19.8. The summed E-state index contributed by atoms with van der Waals surface area (Å²) in [5, 5.41) is 4.23. The standard InChI is InChI=1S/C14H8BrCl2F3N4OS/c15-7-8-10(12(17)23-5-22-8)24(3-2-21-13(25)14(18,19)20)9(7)11-6(16)1-4-26-11/h1,4-5H,2-3H2,(H,21,25). The summed E-state index contributed by atoms with van der Waals surface area (Å²) in [5.74, 6) is -2.01. The minimum atomic E-state index is -4.94. The minimum Gasteiger partial charge on any atom is -0.346 e. The summed E-state index contributed by atoms with van der Waals surface area (Å²) in [5.41, 5.74) is 1.53. The zero-order valence-corrected chi connectivity index (χ0v) is 16.5. The van der Waals surface area contributed by atoms with Crippen molar-refractivity contribution in [3.63, 3.8) is 0 Å². The van der Waals surface area contributed by atoms with Gasteiger partial charge in [0.25, 0.3) is 0 Å². The highest BCUT2D eigenvalue weighted by molar-refractivity contribution is 9.10. The van der Waals surface area contributed by atoms with Crippen LogP contribution in [0, 0.1) is 0 Å². The van der Waals surface area contributed by atoms with Gasteiger partial charge in [0.05, 0.1) is 20.1 Å². The van der Waals surface area contributed by atoms with Crippen molar-refractivity contribution >= 4 is 67.4 Å². The van der Waals surface area contributed by atoms with E-state index < -0.39 is 12.1 Å². The fourth-order valence-electron chi connectivity index (χ4n) is 2.39. The number of hydrogen-bond acceptors (Lipinski definition) is 4. The van der Waals surface area contributed by atoms with Crippen LogP contribution < -0.4 is 5.32 Å². The predicted octanol–water partition coefficient (Wildman–Crippen LogP) is 4.91. The second kappa shape index (κ2) is 7.34. The molecule has 0 radical (unpaired) electrons. The molecule has 0 bridgehead atoms. The molecule has 0 aromatic carbocycles. The molecule has 0 aliphatic heterocycles. The van der Waals surface area contributed by atoms with Crippen LogP contribution in [0.5, 0.6) is 0 Å². The lowest BCUT2D eigenvalue weighted by molar-refractivity contribution is -0.173. The average molecular weight is 488 g/mol. The number of aromatic nitrogens is 3. The molecule has 26 heavy (non-hydrogen) atoms. The molecule has 3 aromatic heterocycles. The van der Waals surface area contributed by atoms with Gasteiger partial charge < -0.3 is 9.88 Å². The van der Waals surface area contributed by atoms with Crippen molar-refractivity contribution in [1.82, 2.24) is 19.9 Å². The first-order chi connectivity index (χ1) is 12.2. The number of rotatable bonds is 4. The molecular weight excluding hydrogens is 480 g/mol. The van der Waals surface area contributed by atoms with E-state index in [-0.39, 0.29) is 18.2 Å². The lowest BCUT2D eigenvalue weighted by atomic mass is 10.3. The van der Waals surface area contributed by atoms with Gasteiger partial charge in [-0.05, 0) is 27.4 Å². The summed E-state index contributed by atoms with van der Waals surface area (Å²) >= 11 is 17.2. The third kappa shape index (κ3) is 3.55. The second-order valence-electron chi connectivity index (χ2n) is 5.03. The van der Waals surface area contributed by atoms with E-state index >= 15 is 0 Å². The van der Waals surface area contributed by atoms with Gasteiger partial charge in [-0.25, -0.2) is 9.97 Å². The Morgan fingerprint density at radius 1 is 1.35 bits per heavy atom. The van der Waals surface area contributed by atoms with E-state index in [9.17, 15) is 18.0 Å². The maximum absolute atomic E-state index is 12.4. The van der Waals surface area contributed by atoms with Crippen LogP contribution in [0.15, 0.2) is 22.2 Å². The van der Waals surface area contributed by atoms with Gasteiger partial charge in [0, 0.05) is 13.1 Å². The van der Waals surface area contributed by atoms with Crippen molar-refractivity contribution in [2.24, 2.45) is 0 Å². The molecule has 0 aliphatic carbocycles. The van der Waals surface area contributed by atoms with E-state index in [4.69, 9.17) is 23.2 Å². The number of nitrogens with zero attached hydrogens (tertiary/aromatic N) is 3. The molecule has 1 N–H and O–H groups in total. The van der Waals surface area contributed by atoms with E-state index in [2.05, 4.69) is 25.9 Å². The van der Waals surface area contributed by atoms with Crippen LogP contribution in [0.25, 0.3) is 21.6 Å². The Bertz CT molecular complexity index is 989. The Balaban J connectivity index is 2.05. The first-order valence-corrected chi connectivity index (χ1v) is 9.41. The molecule has 12 heteroatoms. The molecule has 0 saturated heterocycles. The van der Waals surface area contributed by atoms with Gasteiger partial charge in [0.2, 0.25) is 0 Å². The Hall–Kier alpha value is -1.36. The quantitative estimate of drug-likeness (QED) is 0.532. The van der Waals surface area contributed by atoms with Gasteiger partial charge in [-0.15, -0.1) is 11.3 Å². The van der Waals surface area contributed by atoms with E-state index in [0.29, 0.717) is 31.1 Å². The Kier molecular flexibility index (Phi) is 5.48. The number of carbonyl (C=O) groups is 1. The number of carbonyl (C=O) groups excluding carboxylic acids is 1. The lowest BCUT2D eigenvalue weighted by Gasteiger charge is -2.12. The van der Waals surface area contributed by atoms with E-state index in [1.54, 1.807) is 16.0 Å². The number of nitrogens with one attached hydrogen (secondary N) is 1. The highest BCUT2D eigenvalue weighted by atomic mass is 79.9. The second-order valence-corrected chi connectivity index (χ2v) is 7.50. The molecular formula is C14H8BrCl2F3N4OS. The maximum Gasteiger partial charge on any atom is 0.471 e. The molecule has 1 amide bonds. The Labute approximate surface area is 167 Å². The summed E-state index contributed by atoms with van der Waals surface area (Å²) < 4.78 is 39.3. The minimum absolute atomic E-state index is 0.0145. The Morgan fingerprint density at radius 2 is 2.08 bits per heavy atom. The number of alkyl halides is 3. The van der Waals surface area contributed by atoms with Crippen molar-refractivity contribution in [1.29, 1.82) is 0 Å². The molecule has 138 valence electrons. The normalized spacial score (nSPS) is 11.9. The topological polar surface area (TPSA) is 59.8 Å². The maximum atomic E-state index is 12.4. The van der Waals surface area contributed by atoms with Gasteiger partial charge in [0.1, 0.15) is 17.4 Å². The van der Waals surface area contributed by atoms with Crippen molar-refractivity contribution in [3.05, 3.63) is 32.4 Å². The highest BCUT2D eigenvalue weighted by Crippen LogP contribution is 2.43. The highest BCUT2D eigenvalue weighted by Gasteiger charge is 2.38. The average Bonchev–Trinajstić information content (AvgIpc) is 3.09. The van der Waals surface area contributed by atoms with Crippen LogP contribution in [0.2, 0.25) is 10.2 Å². The fourth-order valence-corrected chi connectivity index (χ4v) is 4.66. The summed E-state index contributed by atoms with van der Waals surface area (Å²) in [7, 11) is 0. The van der Waals surface area contributed by atoms with Gasteiger partial charge >= 0.3 is 12.1 Å². The van der Waals surface area contributed by atoms with Crippen LogP contribution in [0.1, 0.15) is 0 Å². The molecule has 3 rings (SSSR count). The smallest absolute Gasteiger partial charge is 0.346 e. The summed E-state index contributed by atoms with van der Waals surface area (Å²) in [6, 6.07) is 1.70. The SMILES string of the molecule is O=C(NCCn1c(-c2sccc2Cl)c(Br)c2ncnc(Cl)c21)C(F)(F)F. The van der Waals surface area contributed by atoms with Crippen LogP contribution in [0.3, 0.4) is 0 Å². The van der Waals surface area contributed by atoms with Crippen molar-refractivity contribution in [2.75, 3.05) is 6.54 Å². The molecule has 5 nitrogen and oxygen atoms in total. The molecule has 3 heterocycles. The van der Waals surface area contributed by atoms with Crippen molar-refractivity contribution in [2.45, 2.75) is 12.7 Å². The van der Waals surface area contributed by atoms with Crippen LogP contribution in [-0.4, -0.2) is 33.2 Å². The number of thiophene rings is 1. The molecule has 0 saturated carbocycles.